The van der Waals surface area contributed by atoms with Crippen LogP contribution in [0.3, 0.4) is 0 Å². The van der Waals surface area contributed by atoms with Crippen molar-refractivity contribution in [2.75, 3.05) is 0 Å². The van der Waals surface area contributed by atoms with Gasteiger partial charge >= 0.3 is 5.97 Å². The van der Waals surface area contributed by atoms with E-state index in [1.807, 2.05) is 0 Å². The highest BCUT2D eigenvalue weighted by Gasteiger charge is 2.41. The molecule has 0 fully saturated rings. The van der Waals surface area contributed by atoms with Crippen LogP contribution in [0.25, 0.3) is 0 Å². The zero-order valence-corrected chi connectivity index (χ0v) is 8.20. The average Bonchev–Trinajstić information content (AvgIpc) is 2.01. The molecule has 0 aromatic rings. The first kappa shape index (κ1) is 12.6. The summed E-state index contributed by atoms with van der Waals surface area (Å²) in [6.45, 7) is 3.37. The summed E-state index contributed by atoms with van der Waals surface area (Å²) >= 11 is 0. The third-order valence-corrected chi connectivity index (χ3v) is 1.71. The molecule has 1 amide bonds. The van der Waals surface area contributed by atoms with E-state index in [1.54, 1.807) is 0 Å². The van der Waals surface area contributed by atoms with Crippen molar-refractivity contribution >= 4 is 17.7 Å². The van der Waals surface area contributed by atoms with E-state index in [0.29, 0.717) is 0 Å². The van der Waals surface area contributed by atoms with Gasteiger partial charge in [-0.25, -0.2) is 4.79 Å². The van der Waals surface area contributed by atoms with E-state index in [0.717, 1.165) is 6.92 Å². The fourth-order valence-corrected chi connectivity index (χ4v) is 0.897. The minimum Gasteiger partial charge on any atom is -0.479 e. The summed E-state index contributed by atoms with van der Waals surface area (Å²) in [7, 11) is 0. The standard InChI is InChI=1S/C8H13NO5/c1-4(9-5(2)10)6(11)8(3,14)7(12)13/h4,14H,1-3H3,(H,9,10)(H,12,13)/t4-,8+/m0/s1. The maximum Gasteiger partial charge on any atom is 0.343 e. The van der Waals surface area contributed by atoms with Gasteiger partial charge in [0.1, 0.15) is 0 Å². The molecule has 0 aromatic heterocycles. The van der Waals surface area contributed by atoms with E-state index in [4.69, 9.17) is 5.11 Å². The first-order chi connectivity index (χ1) is 6.19. The third kappa shape index (κ3) is 2.81. The maximum atomic E-state index is 11.3. The van der Waals surface area contributed by atoms with Crippen molar-refractivity contribution in [1.29, 1.82) is 0 Å². The van der Waals surface area contributed by atoms with Gasteiger partial charge in [0.15, 0.2) is 5.78 Å². The van der Waals surface area contributed by atoms with Gasteiger partial charge in [-0.3, -0.25) is 9.59 Å². The number of amides is 1. The largest absolute Gasteiger partial charge is 0.479 e. The number of carboxylic acid groups (broad SMARTS) is 1. The number of Topliss-reactive ketones (excluding diaryl/α,β-unsaturated/α-hetero) is 1. The van der Waals surface area contributed by atoms with E-state index < -0.39 is 29.3 Å². The van der Waals surface area contributed by atoms with Gasteiger partial charge in [0.05, 0.1) is 6.04 Å². The first-order valence-corrected chi connectivity index (χ1v) is 3.96. The van der Waals surface area contributed by atoms with Gasteiger partial charge in [-0.2, -0.15) is 0 Å². The lowest BCUT2D eigenvalue weighted by Gasteiger charge is -2.20. The molecule has 0 bridgehead atoms. The zero-order chi connectivity index (χ0) is 11.5. The van der Waals surface area contributed by atoms with Crippen LogP contribution in [0, 0.1) is 0 Å². The van der Waals surface area contributed by atoms with E-state index >= 15 is 0 Å². The third-order valence-electron chi connectivity index (χ3n) is 1.71. The average molecular weight is 203 g/mol. The van der Waals surface area contributed by atoms with Crippen LogP contribution in [-0.4, -0.2) is 39.5 Å². The molecule has 0 aliphatic rings. The Kier molecular flexibility index (Phi) is 3.76. The number of aliphatic hydroxyl groups is 1. The SMILES string of the molecule is CC(=O)N[C@@H](C)C(=O)[C@@](C)(O)C(=O)O. The quantitative estimate of drug-likeness (QED) is 0.504. The molecule has 0 heterocycles. The molecule has 0 rings (SSSR count). The monoisotopic (exact) mass is 203 g/mol. The van der Waals surface area contributed by atoms with Crippen LogP contribution < -0.4 is 5.32 Å². The van der Waals surface area contributed by atoms with Crippen LogP contribution in [0.2, 0.25) is 0 Å². The summed E-state index contributed by atoms with van der Waals surface area (Å²) < 4.78 is 0. The maximum absolute atomic E-state index is 11.3. The smallest absolute Gasteiger partial charge is 0.343 e. The van der Waals surface area contributed by atoms with Gasteiger partial charge in [0, 0.05) is 6.92 Å². The molecule has 0 aliphatic heterocycles. The molecule has 3 N–H and O–H groups in total. The van der Waals surface area contributed by atoms with Crippen molar-refractivity contribution in [3.63, 3.8) is 0 Å². The summed E-state index contributed by atoms with van der Waals surface area (Å²) in [5, 5.41) is 19.9. The number of aliphatic carboxylic acids is 1. The number of rotatable bonds is 4. The van der Waals surface area contributed by atoms with Crippen molar-refractivity contribution in [3.8, 4) is 0 Å². The molecule has 0 saturated heterocycles. The molecule has 6 heteroatoms. The summed E-state index contributed by atoms with van der Waals surface area (Å²) in [4.78, 5) is 32.3. The minimum absolute atomic E-state index is 0.466. The van der Waals surface area contributed by atoms with Crippen LogP contribution in [0.4, 0.5) is 0 Å². The molecule has 0 aliphatic carbocycles. The molecular formula is C8H13NO5. The van der Waals surface area contributed by atoms with E-state index in [2.05, 4.69) is 5.32 Å². The topological polar surface area (TPSA) is 104 Å². The van der Waals surface area contributed by atoms with E-state index in [-0.39, 0.29) is 0 Å². The Balaban J connectivity index is 4.61. The Bertz CT molecular complexity index is 271. The summed E-state index contributed by atoms with van der Waals surface area (Å²) in [5.74, 6) is -3.06. The van der Waals surface area contributed by atoms with Crippen LogP contribution in [0.5, 0.6) is 0 Å². The molecule has 0 saturated carbocycles. The zero-order valence-electron chi connectivity index (χ0n) is 8.20. The predicted molar refractivity (Wildman–Crippen MR) is 46.5 cm³/mol. The van der Waals surface area contributed by atoms with Crippen LogP contribution in [0.1, 0.15) is 20.8 Å². The van der Waals surface area contributed by atoms with Gasteiger partial charge in [-0.05, 0) is 13.8 Å². The molecule has 0 unspecified atom stereocenters. The number of ketones is 1. The predicted octanol–water partition coefficient (Wildman–Crippen LogP) is -1.08. The molecule has 14 heavy (non-hydrogen) atoms. The van der Waals surface area contributed by atoms with Crippen LogP contribution in [0.15, 0.2) is 0 Å². The molecular weight excluding hydrogens is 190 g/mol. The second-order valence-corrected chi connectivity index (χ2v) is 3.16. The van der Waals surface area contributed by atoms with Crippen molar-refractivity contribution in [3.05, 3.63) is 0 Å². The normalized spacial score (nSPS) is 16.6. The Morgan fingerprint density at radius 3 is 2.07 bits per heavy atom. The lowest BCUT2D eigenvalue weighted by molar-refractivity contribution is -0.164. The fraction of sp³-hybridized carbons (Fsp3) is 0.625. The van der Waals surface area contributed by atoms with Gasteiger partial charge < -0.3 is 15.5 Å². The molecule has 0 aromatic carbocycles. The Labute approximate surface area is 80.9 Å². The second-order valence-electron chi connectivity index (χ2n) is 3.16. The Hall–Kier alpha value is -1.43. The van der Waals surface area contributed by atoms with E-state index in [1.165, 1.54) is 13.8 Å². The number of hydrogen-bond donors (Lipinski definition) is 3. The van der Waals surface area contributed by atoms with Gasteiger partial charge in [-0.1, -0.05) is 0 Å². The van der Waals surface area contributed by atoms with Gasteiger partial charge in [0.2, 0.25) is 11.5 Å². The Morgan fingerprint density at radius 1 is 1.36 bits per heavy atom. The lowest BCUT2D eigenvalue weighted by atomic mass is 9.96. The lowest BCUT2D eigenvalue weighted by Crippen LogP contribution is -2.53. The minimum atomic E-state index is -2.47. The first-order valence-electron chi connectivity index (χ1n) is 3.96. The fourth-order valence-electron chi connectivity index (χ4n) is 0.897. The number of carboxylic acids is 1. The number of carbonyl (C=O) groups excluding carboxylic acids is 2. The number of hydrogen-bond acceptors (Lipinski definition) is 4. The van der Waals surface area contributed by atoms with Gasteiger partial charge in [-0.15, -0.1) is 0 Å². The van der Waals surface area contributed by atoms with Crippen LogP contribution >= 0.6 is 0 Å². The second kappa shape index (κ2) is 4.19. The van der Waals surface area contributed by atoms with Crippen molar-refractivity contribution < 1.29 is 24.6 Å². The highest BCUT2D eigenvalue weighted by molar-refractivity contribution is 6.08. The molecule has 0 radical (unpaired) electrons. The van der Waals surface area contributed by atoms with Crippen molar-refractivity contribution in [2.45, 2.75) is 32.4 Å². The number of nitrogens with one attached hydrogen (secondary N) is 1. The molecule has 80 valence electrons. The molecule has 0 spiro atoms. The van der Waals surface area contributed by atoms with Crippen LogP contribution in [-0.2, 0) is 14.4 Å². The van der Waals surface area contributed by atoms with E-state index in [9.17, 15) is 19.5 Å². The number of carbonyl (C=O) groups is 3. The highest BCUT2D eigenvalue weighted by Crippen LogP contribution is 2.08. The summed E-state index contributed by atoms with van der Waals surface area (Å²) in [6, 6.07) is -1.03. The summed E-state index contributed by atoms with van der Waals surface area (Å²) in [6.07, 6.45) is 0. The summed E-state index contributed by atoms with van der Waals surface area (Å²) in [5.41, 5.74) is -2.47. The Morgan fingerprint density at radius 2 is 1.79 bits per heavy atom. The van der Waals surface area contributed by atoms with Crippen molar-refractivity contribution in [1.82, 2.24) is 5.32 Å². The molecule has 6 nitrogen and oxygen atoms in total. The molecule has 2 atom stereocenters. The highest BCUT2D eigenvalue weighted by atomic mass is 16.4. The van der Waals surface area contributed by atoms with Crippen molar-refractivity contribution in [2.24, 2.45) is 0 Å². The van der Waals surface area contributed by atoms with Gasteiger partial charge in [0.25, 0.3) is 0 Å².